The van der Waals surface area contributed by atoms with Crippen LogP contribution in [0.2, 0.25) is 5.02 Å². The highest BCUT2D eigenvalue weighted by Crippen LogP contribution is 2.31. The van der Waals surface area contributed by atoms with Crippen molar-refractivity contribution in [2.45, 2.75) is 12.8 Å². The predicted molar refractivity (Wildman–Crippen MR) is 57.6 cm³/mol. The quantitative estimate of drug-likeness (QED) is 0.582. The molecule has 15 heavy (non-hydrogen) atoms. The molecule has 0 atom stereocenters. The Balaban J connectivity index is 2.45. The van der Waals surface area contributed by atoms with Crippen molar-refractivity contribution in [3.8, 4) is 0 Å². The predicted octanol–water partition coefficient (Wildman–Crippen LogP) is 1.58. The van der Waals surface area contributed by atoms with Gasteiger partial charge in [0.2, 0.25) is 11.8 Å². The molecule has 1 fully saturated rings. The number of carbonyl (C=O) groups is 2. The molecule has 0 unspecified atom stereocenters. The smallest absolute Gasteiger partial charge is 0.234 e. The highest BCUT2D eigenvalue weighted by atomic mass is 35.5. The van der Waals surface area contributed by atoms with Crippen LogP contribution in [0, 0.1) is 0 Å². The van der Waals surface area contributed by atoms with Gasteiger partial charge in [-0.3, -0.25) is 9.59 Å². The number of carbonyl (C=O) groups excluding carboxylic acids is 2. The topological polar surface area (TPSA) is 63.4 Å². The Morgan fingerprint density at radius 1 is 1.20 bits per heavy atom. The highest BCUT2D eigenvalue weighted by molar-refractivity contribution is 6.36. The summed E-state index contributed by atoms with van der Waals surface area (Å²) in [6, 6.07) is 4.72. The van der Waals surface area contributed by atoms with Crippen LogP contribution in [0.4, 0.5) is 11.4 Å². The Labute approximate surface area is 91.6 Å². The van der Waals surface area contributed by atoms with E-state index in [1.165, 1.54) is 6.07 Å². The molecule has 1 aromatic carbocycles. The molecular formula is C10H9ClN2O2. The lowest BCUT2D eigenvalue weighted by Crippen LogP contribution is -2.28. The van der Waals surface area contributed by atoms with Gasteiger partial charge in [-0.15, -0.1) is 0 Å². The summed E-state index contributed by atoms with van der Waals surface area (Å²) in [6.07, 6.45) is 0.499. The van der Waals surface area contributed by atoms with E-state index in [9.17, 15) is 9.59 Å². The first-order valence-electron chi connectivity index (χ1n) is 4.50. The molecule has 5 heteroatoms. The van der Waals surface area contributed by atoms with E-state index in [1.54, 1.807) is 12.1 Å². The number of hydrogen-bond donors (Lipinski definition) is 1. The van der Waals surface area contributed by atoms with Gasteiger partial charge in [-0.25, -0.2) is 4.90 Å². The number of amides is 2. The zero-order valence-corrected chi connectivity index (χ0v) is 8.62. The summed E-state index contributed by atoms with van der Waals surface area (Å²) in [4.78, 5) is 24.0. The van der Waals surface area contributed by atoms with Gasteiger partial charge in [-0.2, -0.15) is 0 Å². The molecule has 1 heterocycles. The third kappa shape index (κ3) is 1.68. The van der Waals surface area contributed by atoms with E-state index in [-0.39, 0.29) is 24.7 Å². The second kappa shape index (κ2) is 3.55. The van der Waals surface area contributed by atoms with E-state index in [0.717, 1.165) is 4.90 Å². The summed E-state index contributed by atoms with van der Waals surface area (Å²) in [6.45, 7) is 0. The van der Waals surface area contributed by atoms with Gasteiger partial charge in [-0.05, 0) is 18.2 Å². The maximum atomic E-state index is 11.4. The van der Waals surface area contributed by atoms with Crippen LogP contribution in [-0.2, 0) is 9.59 Å². The number of imide groups is 1. The molecule has 2 amide bonds. The van der Waals surface area contributed by atoms with Crippen LogP contribution < -0.4 is 10.6 Å². The summed E-state index contributed by atoms with van der Waals surface area (Å²) in [5.74, 6) is -0.432. The summed E-state index contributed by atoms with van der Waals surface area (Å²) in [7, 11) is 0. The van der Waals surface area contributed by atoms with Gasteiger partial charge in [0.15, 0.2) is 0 Å². The minimum atomic E-state index is -0.216. The summed E-state index contributed by atoms with van der Waals surface area (Å²) in [5.41, 5.74) is 6.44. The Morgan fingerprint density at radius 3 is 2.33 bits per heavy atom. The maximum Gasteiger partial charge on any atom is 0.234 e. The van der Waals surface area contributed by atoms with Gasteiger partial charge in [-0.1, -0.05) is 11.6 Å². The van der Waals surface area contributed by atoms with Gasteiger partial charge in [0.25, 0.3) is 0 Å². The first-order valence-corrected chi connectivity index (χ1v) is 4.88. The third-order valence-corrected chi connectivity index (χ3v) is 2.57. The van der Waals surface area contributed by atoms with Gasteiger partial charge in [0.05, 0.1) is 10.7 Å². The zero-order valence-electron chi connectivity index (χ0n) is 7.87. The Hall–Kier alpha value is -1.55. The molecule has 0 bridgehead atoms. The fourth-order valence-corrected chi connectivity index (χ4v) is 1.82. The molecule has 1 aromatic rings. The monoisotopic (exact) mass is 224 g/mol. The van der Waals surface area contributed by atoms with Crippen molar-refractivity contribution in [3.05, 3.63) is 23.2 Å². The van der Waals surface area contributed by atoms with Crippen LogP contribution in [0.1, 0.15) is 12.8 Å². The van der Waals surface area contributed by atoms with Crippen molar-refractivity contribution >= 4 is 34.8 Å². The molecule has 0 spiro atoms. The van der Waals surface area contributed by atoms with Crippen LogP contribution in [0.15, 0.2) is 18.2 Å². The number of nitrogens with two attached hydrogens (primary N) is 1. The van der Waals surface area contributed by atoms with Gasteiger partial charge < -0.3 is 5.73 Å². The lowest BCUT2D eigenvalue weighted by atomic mass is 10.2. The molecule has 0 saturated carbocycles. The van der Waals surface area contributed by atoms with Crippen LogP contribution >= 0.6 is 11.6 Å². The second-order valence-corrected chi connectivity index (χ2v) is 3.74. The van der Waals surface area contributed by atoms with Crippen molar-refractivity contribution in [3.63, 3.8) is 0 Å². The number of rotatable bonds is 1. The minimum absolute atomic E-state index is 0.216. The number of nitrogens with zero attached hydrogens (tertiary/aromatic N) is 1. The number of halogens is 1. The lowest BCUT2D eigenvalue weighted by Gasteiger charge is -2.15. The van der Waals surface area contributed by atoms with E-state index >= 15 is 0 Å². The van der Waals surface area contributed by atoms with Crippen LogP contribution in [0.3, 0.4) is 0 Å². The molecule has 1 saturated heterocycles. The normalized spacial score (nSPS) is 16.2. The van der Waals surface area contributed by atoms with Crippen LogP contribution in [0.25, 0.3) is 0 Å². The molecular weight excluding hydrogens is 216 g/mol. The molecule has 4 nitrogen and oxygen atoms in total. The largest absolute Gasteiger partial charge is 0.399 e. The van der Waals surface area contributed by atoms with Crippen molar-refractivity contribution in [2.75, 3.05) is 10.6 Å². The lowest BCUT2D eigenvalue weighted by molar-refractivity contribution is -0.121. The minimum Gasteiger partial charge on any atom is -0.399 e. The second-order valence-electron chi connectivity index (χ2n) is 3.33. The molecule has 78 valence electrons. The van der Waals surface area contributed by atoms with Crippen molar-refractivity contribution in [2.24, 2.45) is 0 Å². The molecule has 1 aliphatic rings. The van der Waals surface area contributed by atoms with Crippen LogP contribution in [-0.4, -0.2) is 11.8 Å². The molecule has 2 N–H and O–H groups in total. The average Bonchev–Trinajstić information content (AvgIpc) is 2.48. The molecule has 0 aliphatic carbocycles. The van der Waals surface area contributed by atoms with Crippen molar-refractivity contribution in [1.82, 2.24) is 0 Å². The van der Waals surface area contributed by atoms with E-state index in [0.29, 0.717) is 16.4 Å². The van der Waals surface area contributed by atoms with E-state index in [2.05, 4.69) is 0 Å². The number of nitrogen functional groups attached to an aromatic ring is 1. The summed E-state index contributed by atoms with van der Waals surface area (Å²) < 4.78 is 0. The van der Waals surface area contributed by atoms with Gasteiger partial charge >= 0.3 is 0 Å². The molecule has 2 rings (SSSR count). The average molecular weight is 225 g/mol. The van der Waals surface area contributed by atoms with Crippen molar-refractivity contribution in [1.29, 1.82) is 0 Å². The molecule has 0 radical (unpaired) electrons. The van der Waals surface area contributed by atoms with Crippen LogP contribution in [0.5, 0.6) is 0 Å². The third-order valence-electron chi connectivity index (χ3n) is 2.26. The zero-order chi connectivity index (χ0) is 11.0. The van der Waals surface area contributed by atoms with Gasteiger partial charge in [0.1, 0.15) is 0 Å². The van der Waals surface area contributed by atoms with E-state index in [4.69, 9.17) is 17.3 Å². The SMILES string of the molecule is Nc1ccc(N2C(=O)CCC2=O)c(Cl)c1. The summed E-state index contributed by atoms with van der Waals surface area (Å²) in [5, 5.41) is 0.318. The Bertz CT molecular complexity index is 429. The standard InChI is InChI=1S/C10H9ClN2O2/c11-7-5-6(12)1-2-8(7)13-9(14)3-4-10(13)15/h1-2,5H,3-4,12H2. The first kappa shape index (κ1) is 9.98. The highest BCUT2D eigenvalue weighted by Gasteiger charge is 2.31. The van der Waals surface area contributed by atoms with E-state index < -0.39 is 0 Å². The number of hydrogen-bond acceptors (Lipinski definition) is 3. The molecule has 0 aromatic heterocycles. The van der Waals surface area contributed by atoms with Gasteiger partial charge in [0, 0.05) is 18.5 Å². The Kier molecular flexibility index (Phi) is 2.36. The van der Waals surface area contributed by atoms with E-state index in [1.807, 2.05) is 0 Å². The Morgan fingerprint density at radius 2 is 1.80 bits per heavy atom. The number of anilines is 2. The van der Waals surface area contributed by atoms with Crippen molar-refractivity contribution < 1.29 is 9.59 Å². The summed E-state index contributed by atoms with van der Waals surface area (Å²) >= 11 is 5.91. The maximum absolute atomic E-state index is 11.4. The molecule has 1 aliphatic heterocycles. The number of benzene rings is 1. The fraction of sp³-hybridized carbons (Fsp3) is 0.200. The fourth-order valence-electron chi connectivity index (χ4n) is 1.55. The first-order chi connectivity index (χ1) is 7.09.